The zero-order valence-corrected chi connectivity index (χ0v) is 35.2. The number of Topliss-reactive ketones (excluding diaryl/α,β-unsaturated/α-hetero) is 1. The molecule has 0 aliphatic carbocycles. The zero-order valence-electron chi connectivity index (χ0n) is 35.2. The highest BCUT2D eigenvalue weighted by atomic mass is 16.7. The van der Waals surface area contributed by atoms with Crippen LogP contribution in [0.2, 0.25) is 0 Å². The van der Waals surface area contributed by atoms with Crippen LogP contribution >= 0.6 is 0 Å². The van der Waals surface area contributed by atoms with E-state index >= 15 is 0 Å². The number of ether oxygens (including phenoxy) is 3. The van der Waals surface area contributed by atoms with Crippen LogP contribution in [0.25, 0.3) is 10.8 Å². The number of nitrogens with zero attached hydrogens (tertiary/aromatic N) is 3. The average molecular weight is 805 g/mol. The molecule has 14 nitrogen and oxygen atoms in total. The molecule has 4 heterocycles. The van der Waals surface area contributed by atoms with Crippen molar-refractivity contribution in [2.24, 2.45) is 39.6 Å². The summed E-state index contributed by atoms with van der Waals surface area (Å²) < 4.78 is 18.0. The molecule has 1 fully saturated rings. The highest BCUT2D eigenvalue weighted by Gasteiger charge is 2.50. The molecule has 9 atom stereocenters. The second kappa shape index (κ2) is 16.4. The number of carbonyl (C=O) groups excluding carboxylic acids is 2. The van der Waals surface area contributed by atoms with Crippen LogP contribution in [0.4, 0.5) is 5.69 Å². The normalized spacial score (nSPS) is 31.9. The molecule has 4 aliphatic heterocycles. The topological polar surface area (TPSA) is 203 Å². The molecule has 1 saturated heterocycles. The molecule has 2 aromatic carbocycles. The smallest absolute Gasteiger partial charge is 0.312 e. The highest BCUT2D eigenvalue weighted by molar-refractivity contribution is 6.19. The van der Waals surface area contributed by atoms with E-state index in [9.17, 15) is 35.1 Å². The van der Waals surface area contributed by atoms with Gasteiger partial charge in [0, 0.05) is 86.7 Å². The van der Waals surface area contributed by atoms with E-state index in [0.29, 0.717) is 31.8 Å². The molecule has 1 spiro atoms. The fourth-order valence-corrected chi connectivity index (χ4v) is 8.81. The van der Waals surface area contributed by atoms with E-state index in [1.807, 2.05) is 0 Å². The fourth-order valence-electron chi connectivity index (χ4n) is 8.81. The Bertz CT molecular complexity index is 2170. The van der Waals surface area contributed by atoms with Crippen molar-refractivity contribution in [2.45, 2.75) is 111 Å². The van der Waals surface area contributed by atoms with Crippen molar-refractivity contribution in [1.29, 1.82) is 0 Å². The number of aromatic hydroxyl groups is 2. The number of carbonyl (C=O) groups is 2. The summed E-state index contributed by atoms with van der Waals surface area (Å²) >= 11 is 0. The average Bonchev–Trinajstić information content (AvgIpc) is 3.69. The number of ketones is 1. The molecule has 0 aromatic heterocycles. The SMILES string of the molecule is CO[C@H]1C=CO[C@@]2(C)Oc3c(C)c(O)c4c(O)c(c5c(c4c3C2=O)=NC2(CCN(CC(C)C)CC2)N=5)NC(=O)C(C)=CC=C[C@H](C)[C@H](O)[C@@H](C)[C@@H](O)[C@@H](C)[C@H](O)[C@@H]1C. The number of aliphatic hydroxyl groups is 3. The standard InChI is InChI=1S/C44H60N4O10/c1-21(2)20-48-17-15-44(16-18-48)46-32-29-30-38(52)27(8)40-31(29)41(54)43(9,58-40)57-19-14-28(56-10)24(5)36(50)26(7)37(51)25(6)35(49)22(3)12-11-13-23(4)42(55)45-34(39(30)53)33(32)47-44/h11-14,19,21-22,24-26,28,35-37,49-53H,15-18,20H2,1-10H3,(H,45,55)/t22-,24+,25+,26-,28-,35-,36+,37+,43-/m0/s1. The number of nitrogens with one attached hydrogen (secondary N) is 1. The van der Waals surface area contributed by atoms with Gasteiger partial charge in [0.2, 0.25) is 0 Å². The summed E-state index contributed by atoms with van der Waals surface area (Å²) in [6, 6.07) is 0. The van der Waals surface area contributed by atoms with Crippen molar-refractivity contribution in [1.82, 2.24) is 4.90 Å². The zero-order chi connectivity index (χ0) is 42.6. The molecule has 1 amide bonds. The summed E-state index contributed by atoms with van der Waals surface area (Å²) in [5.41, 5.74) is -0.508. The molecule has 6 rings (SSSR count). The Morgan fingerprint density at radius 2 is 1.53 bits per heavy atom. The van der Waals surface area contributed by atoms with Gasteiger partial charge in [-0.2, -0.15) is 0 Å². The van der Waals surface area contributed by atoms with Gasteiger partial charge in [-0.05, 0) is 25.8 Å². The Balaban J connectivity index is 1.54. The van der Waals surface area contributed by atoms with E-state index in [-0.39, 0.29) is 55.4 Å². The Hall–Kier alpha value is -4.34. The third-order valence-corrected chi connectivity index (χ3v) is 12.6. The summed E-state index contributed by atoms with van der Waals surface area (Å²) in [6.45, 7) is 18.2. The number of rotatable bonds is 3. The molecule has 0 radical (unpaired) electrons. The molecule has 6 N–H and O–H groups in total. The molecular formula is C44H60N4O10. The molecular weight excluding hydrogens is 745 g/mol. The van der Waals surface area contributed by atoms with Crippen LogP contribution in [0.3, 0.4) is 0 Å². The second-order valence-corrected chi connectivity index (χ2v) is 17.4. The first kappa shape index (κ1) is 43.2. The fraction of sp³-hybridized carbons (Fsp3) is 0.591. The maximum atomic E-state index is 14.6. The number of hydrogen-bond acceptors (Lipinski definition) is 13. The Morgan fingerprint density at radius 1 is 0.914 bits per heavy atom. The first-order valence-corrected chi connectivity index (χ1v) is 20.3. The Morgan fingerprint density at radius 3 is 2.17 bits per heavy atom. The van der Waals surface area contributed by atoms with Crippen LogP contribution in [0.5, 0.6) is 17.2 Å². The van der Waals surface area contributed by atoms with Gasteiger partial charge in [-0.25, -0.2) is 0 Å². The van der Waals surface area contributed by atoms with Gasteiger partial charge in [-0.1, -0.05) is 59.8 Å². The van der Waals surface area contributed by atoms with E-state index in [1.165, 1.54) is 20.3 Å². The van der Waals surface area contributed by atoms with Crippen molar-refractivity contribution in [3.63, 3.8) is 0 Å². The third-order valence-electron chi connectivity index (χ3n) is 12.6. The molecule has 316 valence electrons. The predicted molar refractivity (Wildman–Crippen MR) is 218 cm³/mol. The molecule has 4 aliphatic rings. The minimum atomic E-state index is -1.93. The molecule has 58 heavy (non-hydrogen) atoms. The summed E-state index contributed by atoms with van der Waals surface area (Å²) in [6.07, 6.45) is 4.98. The van der Waals surface area contributed by atoms with Gasteiger partial charge < -0.3 is 50.0 Å². The molecule has 4 bridgehead atoms. The van der Waals surface area contributed by atoms with Crippen molar-refractivity contribution < 1.29 is 49.3 Å². The largest absolute Gasteiger partial charge is 0.507 e. The van der Waals surface area contributed by atoms with Crippen molar-refractivity contribution >= 4 is 28.2 Å². The Kier molecular flexibility index (Phi) is 12.2. The number of fused-ring (bicyclic) bond motifs is 1. The first-order valence-electron chi connectivity index (χ1n) is 20.3. The molecule has 0 unspecified atom stereocenters. The number of piperidine rings is 1. The van der Waals surface area contributed by atoms with Gasteiger partial charge in [-0.15, -0.1) is 0 Å². The number of amides is 1. The van der Waals surface area contributed by atoms with E-state index in [0.717, 1.165) is 6.54 Å². The van der Waals surface area contributed by atoms with Gasteiger partial charge >= 0.3 is 5.79 Å². The number of anilines is 1. The van der Waals surface area contributed by atoms with Crippen molar-refractivity contribution in [3.8, 4) is 17.2 Å². The van der Waals surface area contributed by atoms with Crippen LogP contribution in [0, 0.1) is 36.5 Å². The number of benzene rings is 2. The molecule has 2 aromatic rings. The number of phenols is 2. The van der Waals surface area contributed by atoms with Gasteiger partial charge in [-0.3, -0.25) is 19.6 Å². The van der Waals surface area contributed by atoms with E-state index in [1.54, 1.807) is 65.8 Å². The minimum absolute atomic E-state index is 0.0467. The molecule has 14 heteroatoms. The van der Waals surface area contributed by atoms with Crippen molar-refractivity contribution in [3.05, 3.63) is 58.0 Å². The Labute approximate surface area is 339 Å². The van der Waals surface area contributed by atoms with Gasteiger partial charge in [0.05, 0.1) is 47.0 Å². The number of likely N-dealkylation sites (tertiary alicyclic amines) is 1. The van der Waals surface area contributed by atoms with E-state index in [2.05, 4.69) is 24.1 Å². The van der Waals surface area contributed by atoms with Gasteiger partial charge in [0.1, 0.15) is 22.5 Å². The first-order chi connectivity index (χ1) is 27.3. The quantitative estimate of drug-likeness (QED) is 0.243. The number of allylic oxidation sites excluding steroid dienone is 2. The van der Waals surface area contributed by atoms with Crippen LogP contribution in [0.15, 0.2) is 46.1 Å². The number of hydrogen-bond donors (Lipinski definition) is 6. The summed E-state index contributed by atoms with van der Waals surface area (Å²) in [5, 5.41) is 61.1. The van der Waals surface area contributed by atoms with Crippen LogP contribution < -0.4 is 20.8 Å². The summed E-state index contributed by atoms with van der Waals surface area (Å²) in [7, 11) is 1.47. The van der Waals surface area contributed by atoms with E-state index < -0.39 is 77.0 Å². The summed E-state index contributed by atoms with van der Waals surface area (Å²) in [4.78, 5) is 41.1. The van der Waals surface area contributed by atoms with Crippen LogP contribution in [-0.2, 0) is 14.3 Å². The van der Waals surface area contributed by atoms with Gasteiger partial charge in [0.25, 0.3) is 11.7 Å². The summed E-state index contributed by atoms with van der Waals surface area (Å²) in [5.74, 6) is -5.71. The number of methoxy groups -OCH3 is 1. The van der Waals surface area contributed by atoms with Crippen LogP contribution in [-0.4, -0.2) is 105 Å². The number of phenolic OH excluding ortho intramolecular Hbond substituents is 2. The number of aliphatic hydroxyl groups excluding tert-OH is 3. The second-order valence-electron chi connectivity index (χ2n) is 17.4. The minimum Gasteiger partial charge on any atom is -0.507 e. The lowest BCUT2D eigenvalue weighted by Crippen LogP contribution is -2.44. The molecule has 0 saturated carbocycles. The van der Waals surface area contributed by atoms with Crippen LogP contribution in [0.1, 0.15) is 84.2 Å². The van der Waals surface area contributed by atoms with Gasteiger partial charge in [0.15, 0.2) is 11.4 Å². The maximum absolute atomic E-state index is 14.6. The van der Waals surface area contributed by atoms with E-state index in [4.69, 9.17) is 24.2 Å². The maximum Gasteiger partial charge on any atom is 0.312 e. The lowest BCUT2D eigenvalue weighted by atomic mass is 9.78. The highest BCUT2D eigenvalue weighted by Crippen LogP contribution is 2.50. The monoisotopic (exact) mass is 804 g/mol. The van der Waals surface area contributed by atoms with Crippen molar-refractivity contribution in [2.75, 3.05) is 32.1 Å². The third kappa shape index (κ3) is 7.65. The lowest BCUT2D eigenvalue weighted by Gasteiger charge is -2.36. The lowest BCUT2D eigenvalue weighted by molar-refractivity contribution is -0.112. The predicted octanol–water partition coefficient (Wildman–Crippen LogP) is 4.18.